The molecule has 2 heterocycles. The minimum atomic E-state index is -4.62. The van der Waals surface area contributed by atoms with E-state index in [-0.39, 0.29) is 6.42 Å². The molecule has 0 bridgehead atoms. The van der Waals surface area contributed by atoms with Gasteiger partial charge in [-0.15, -0.1) is 0 Å². The first-order chi connectivity index (χ1) is 12.8. The van der Waals surface area contributed by atoms with Gasteiger partial charge < -0.3 is 14.7 Å². The largest absolute Gasteiger partial charge is 0.464 e. The molecule has 3 aromatic rings. The number of aromatic amines is 1. The Morgan fingerprint density at radius 2 is 1.93 bits per heavy atom. The van der Waals surface area contributed by atoms with Crippen molar-refractivity contribution in [2.24, 2.45) is 0 Å². The maximum atomic E-state index is 12.8. The number of benzene rings is 1. The molecule has 8 heteroatoms. The van der Waals surface area contributed by atoms with Crippen molar-refractivity contribution in [3.05, 3.63) is 63.3 Å². The lowest BCUT2D eigenvalue weighted by Gasteiger charge is -2.09. The number of H-pyrrole nitrogens is 1. The Kier molecular flexibility index (Phi) is 4.05. The maximum Gasteiger partial charge on any atom is 0.417 e. The number of rotatable bonds is 3. The Bertz CT molecular complexity index is 1100. The monoisotopic (exact) mass is 376 g/mol. The van der Waals surface area contributed by atoms with E-state index in [1.807, 2.05) is 17.1 Å². The topological polar surface area (TPSA) is 75.1 Å². The van der Waals surface area contributed by atoms with Gasteiger partial charge in [-0.1, -0.05) is 0 Å². The van der Waals surface area contributed by atoms with E-state index >= 15 is 0 Å². The molecule has 4 rings (SSSR count). The molecule has 0 radical (unpaired) electrons. The van der Waals surface area contributed by atoms with Crippen LogP contribution in [-0.2, 0) is 30.2 Å². The summed E-state index contributed by atoms with van der Waals surface area (Å²) in [6.45, 7) is 0. The van der Waals surface area contributed by atoms with Gasteiger partial charge in [-0.05, 0) is 48.6 Å². The molecule has 1 aliphatic rings. The Hall–Kier alpha value is -3.03. The summed E-state index contributed by atoms with van der Waals surface area (Å²) in [6.07, 6.45) is 0.363. The summed E-state index contributed by atoms with van der Waals surface area (Å²) in [4.78, 5) is 26.0. The van der Waals surface area contributed by atoms with Gasteiger partial charge in [-0.3, -0.25) is 9.59 Å². The number of amides is 1. The molecule has 0 atom stereocenters. The van der Waals surface area contributed by atoms with Crippen LogP contribution >= 0.6 is 0 Å². The van der Waals surface area contributed by atoms with Crippen LogP contribution in [0.25, 0.3) is 11.0 Å². The van der Waals surface area contributed by atoms with Crippen LogP contribution in [0.1, 0.15) is 28.7 Å². The van der Waals surface area contributed by atoms with Crippen molar-refractivity contribution in [1.29, 1.82) is 0 Å². The molecule has 1 amide bonds. The van der Waals surface area contributed by atoms with Crippen molar-refractivity contribution in [3.8, 4) is 0 Å². The highest BCUT2D eigenvalue weighted by Gasteiger charge is 2.31. The molecule has 2 N–H and O–H groups in total. The molecule has 0 spiro atoms. The number of furan rings is 1. The van der Waals surface area contributed by atoms with E-state index in [9.17, 15) is 22.8 Å². The highest BCUT2D eigenvalue weighted by atomic mass is 19.4. The van der Waals surface area contributed by atoms with Gasteiger partial charge in [0.1, 0.15) is 11.3 Å². The Balaban J connectivity index is 1.57. The molecule has 5 nitrogen and oxygen atoms in total. The number of halogens is 3. The summed E-state index contributed by atoms with van der Waals surface area (Å²) in [6, 6.07) is 4.59. The second-order valence-corrected chi connectivity index (χ2v) is 6.59. The van der Waals surface area contributed by atoms with Crippen molar-refractivity contribution < 1.29 is 22.4 Å². The van der Waals surface area contributed by atoms with Gasteiger partial charge in [0, 0.05) is 17.1 Å². The number of aryl methyl sites for hydroxylation is 2. The summed E-state index contributed by atoms with van der Waals surface area (Å²) >= 11 is 0. The molecular formula is C19H15F3N2O3. The van der Waals surface area contributed by atoms with Gasteiger partial charge in [-0.2, -0.15) is 13.2 Å². The van der Waals surface area contributed by atoms with E-state index in [2.05, 4.69) is 5.32 Å². The van der Waals surface area contributed by atoms with Crippen LogP contribution in [0.4, 0.5) is 18.9 Å². The molecule has 0 aliphatic heterocycles. The van der Waals surface area contributed by atoms with Crippen molar-refractivity contribution in [3.63, 3.8) is 0 Å². The van der Waals surface area contributed by atoms with Gasteiger partial charge in [-0.25, -0.2) is 0 Å². The fourth-order valence-electron chi connectivity index (χ4n) is 3.39. The fraction of sp³-hybridized carbons (Fsp3) is 0.263. The minimum absolute atomic E-state index is 0.110. The first-order valence-electron chi connectivity index (χ1n) is 8.43. The van der Waals surface area contributed by atoms with Gasteiger partial charge in [0.25, 0.3) is 5.56 Å². The number of carbonyl (C=O) groups is 1. The van der Waals surface area contributed by atoms with Crippen LogP contribution in [0.15, 0.2) is 39.9 Å². The molecular weight excluding hydrogens is 361 g/mol. The number of hydrogen-bond acceptors (Lipinski definition) is 3. The lowest BCUT2D eigenvalue weighted by Crippen LogP contribution is -2.22. The van der Waals surface area contributed by atoms with E-state index in [0.29, 0.717) is 23.4 Å². The van der Waals surface area contributed by atoms with Crippen molar-refractivity contribution in [2.45, 2.75) is 31.9 Å². The van der Waals surface area contributed by atoms with Crippen LogP contribution in [-0.4, -0.2) is 10.9 Å². The van der Waals surface area contributed by atoms with Crippen LogP contribution in [0.5, 0.6) is 0 Å². The van der Waals surface area contributed by atoms with E-state index in [4.69, 9.17) is 4.42 Å². The molecule has 1 aromatic carbocycles. The average molecular weight is 376 g/mol. The van der Waals surface area contributed by atoms with Crippen molar-refractivity contribution in [1.82, 2.24) is 4.98 Å². The van der Waals surface area contributed by atoms with Gasteiger partial charge >= 0.3 is 6.18 Å². The number of pyridine rings is 1. The Labute approximate surface area is 151 Å². The lowest BCUT2D eigenvalue weighted by molar-refractivity contribution is -0.137. The second kappa shape index (κ2) is 6.29. The molecule has 0 fully saturated rings. The zero-order valence-electron chi connectivity index (χ0n) is 14.1. The first-order valence-corrected chi connectivity index (χ1v) is 8.43. The van der Waals surface area contributed by atoms with E-state index in [1.165, 1.54) is 17.4 Å². The van der Waals surface area contributed by atoms with Crippen molar-refractivity contribution >= 4 is 22.6 Å². The highest BCUT2D eigenvalue weighted by Crippen LogP contribution is 2.31. The minimum Gasteiger partial charge on any atom is -0.464 e. The van der Waals surface area contributed by atoms with Crippen molar-refractivity contribution in [2.75, 3.05) is 5.32 Å². The first kappa shape index (κ1) is 17.4. The number of nitrogens with one attached hydrogen (secondary N) is 2. The number of aromatic nitrogens is 1. The van der Waals surface area contributed by atoms with Gasteiger partial charge in [0.15, 0.2) is 0 Å². The number of hydrogen-bond donors (Lipinski definition) is 2. The van der Waals surface area contributed by atoms with Gasteiger partial charge in [0.2, 0.25) is 5.91 Å². The molecule has 140 valence electrons. The fourth-order valence-corrected chi connectivity index (χ4v) is 3.39. The third-order valence-corrected chi connectivity index (χ3v) is 4.72. The predicted molar refractivity (Wildman–Crippen MR) is 92.6 cm³/mol. The summed E-state index contributed by atoms with van der Waals surface area (Å²) in [5, 5.41) is 3.06. The molecule has 1 aliphatic carbocycles. The summed E-state index contributed by atoms with van der Waals surface area (Å²) in [5.41, 5.74) is 1.48. The zero-order chi connectivity index (χ0) is 19.2. The van der Waals surface area contributed by atoms with E-state index < -0.39 is 28.9 Å². The lowest BCUT2D eigenvalue weighted by atomic mass is 10.0. The van der Waals surface area contributed by atoms with Crippen LogP contribution < -0.4 is 10.9 Å². The zero-order valence-corrected chi connectivity index (χ0v) is 14.1. The molecule has 0 saturated heterocycles. The number of fused-ring (bicyclic) bond motifs is 2. The quantitative estimate of drug-likeness (QED) is 0.730. The third-order valence-electron chi connectivity index (χ3n) is 4.72. The maximum absolute atomic E-state index is 12.8. The standard InChI is InChI=1S/C19H15F3N2O3/c20-19(21,22)13-7-15(18(26)23-8-13)24-17(25)6-12-9-27-16-5-11-3-1-2-10(11)4-14(12)16/h4-5,7-9H,1-3,6H2,(H,23,26)(H,24,25). The summed E-state index contributed by atoms with van der Waals surface area (Å²) < 4.78 is 43.9. The second-order valence-electron chi connectivity index (χ2n) is 6.59. The SMILES string of the molecule is O=C(Cc1coc2cc3c(cc12)CCC3)Nc1cc(C(F)(F)F)c[nH]c1=O. The molecule has 2 aromatic heterocycles. The normalized spacial score (nSPS) is 13.7. The van der Waals surface area contributed by atoms with Crippen LogP contribution in [0, 0.1) is 0 Å². The molecule has 0 saturated carbocycles. The molecule has 27 heavy (non-hydrogen) atoms. The smallest absolute Gasteiger partial charge is 0.417 e. The Morgan fingerprint density at radius 3 is 2.67 bits per heavy atom. The van der Waals surface area contributed by atoms with E-state index in [1.54, 1.807) is 0 Å². The summed E-state index contributed by atoms with van der Waals surface area (Å²) in [5.74, 6) is -0.594. The predicted octanol–water partition coefficient (Wildman–Crippen LogP) is 3.81. The summed E-state index contributed by atoms with van der Waals surface area (Å²) in [7, 11) is 0. The number of anilines is 1. The average Bonchev–Trinajstić information content (AvgIpc) is 3.20. The highest BCUT2D eigenvalue weighted by molar-refractivity contribution is 5.95. The van der Waals surface area contributed by atoms with Crippen LogP contribution in [0.2, 0.25) is 0 Å². The molecule has 0 unspecified atom stereocenters. The van der Waals surface area contributed by atoms with E-state index in [0.717, 1.165) is 24.6 Å². The third kappa shape index (κ3) is 3.34. The number of alkyl halides is 3. The van der Waals surface area contributed by atoms with Gasteiger partial charge in [0.05, 0.1) is 18.2 Å². The van der Waals surface area contributed by atoms with Crippen LogP contribution in [0.3, 0.4) is 0 Å². The Morgan fingerprint density at radius 1 is 1.19 bits per heavy atom. The number of carbonyl (C=O) groups excluding carboxylic acids is 1.